The number of carbonyl (C=O) groups is 1. The number of Topliss-reactive ketones (excluding diaryl/α,β-unsaturated/α-hetero) is 1. The second-order valence-corrected chi connectivity index (χ2v) is 4.18. The number of hydrogen-bond donors (Lipinski definition) is 0. The molecule has 76 valence electrons. The zero-order valence-corrected chi connectivity index (χ0v) is 9.29. The number of carbonyl (C=O) groups excluding carboxylic acids is 1. The molecule has 0 atom stereocenters. The van der Waals surface area contributed by atoms with Crippen LogP contribution in [0.2, 0.25) is 5.02 Å². The molecule has 14 heavy (non-hydrogen) atoms. The SMILES string of the molecule is CSCCC(=O)c1ccc(F)cc1Cl. The van der Waals surface area contributed by atoms with E-state index in [1.807, 2.05) is 6.26 Å². The van der Waals surface area contributed by atoms with E-state index in [0.29, 0.717) is 12.0 Å². The first-order chi connectivity index (χ1) is 6.65. The summed E-state index contributed by atoms with van der Waals surface area (Å²) in [6.07, 6.45) is 2.37. The van der Waals surface area contributed by atoms with Gasteiger partial charge >= 0.3 is 0 Å². The van der Waals surface area contributed by atoms with Crippen molar-refractivity contribution in [2.24, 2.45) is 0 Å². The van der Waals surface area contributed by atoms with Crippen molar-refractivity contribution >= 4 is 29.1 Å². The van der Waals surface area contributed by atoms with Gasteiger partial charge in [0.1, 0.15) is 5.82 Å². The number of rotatable bonds is 4. The van der Waals surface area contributed by atoms with Crippen molar-refractivity contribution in [1.82, 2.24) is 0 Å². The van der Waals surface area contributed by atoms with E-state index in [-0.39, 0.29) is 10.8 Å². The van der Waals surface area contributed by atoms with Gasteiger partial charge in [-0.25, -0.2) is 4.39 Å². The molecule has 0 fully saturated rings. The smallest absolute Gasteiger partial charge is 0.165 e. The fourth-order valence-electron chi connectivity index (χ4n) is 1.05. The van der Waals surface area contributed by atoms with Crippen LogP contribution in [0.4, 0.5) is 4.39 Å². The molecule has 1 aromatic rings. The van der Waals surface area contributed by atoms with Crippen molar-refractivity contribution in [3.63, 3.8) is 0 Å². The third-order valence-electron chi connectivity index (χ3n) is 1.76. The first-order valence-corrected chi connectivity index (χ1v) is 5.89. The summed E-state index contributed by atoms with van der Waals surface area (Å²) in [5.74, 6) is 0.299. The largest absolute Gasteiger partial charge is 0.294 e. The number of ketones is 1. The van der Waals surface area contributed by atoms with Crippen molar-refractivity contribution in [3.8, 4) is 0 Å². The van der Waals surface area contributed by atoms with Crippen LogP contribution in [0.3, 0.4) is 0 Å². The van der Waals surface area contributed by atoms with Gasteiger partial charge in [-0.1, -0.05) is 11.6 Å². The molecule has 0 saturated heterocycles. The first kappa shape index (κ1) is 11.5. The van der Waals surface area contributed by atoms with E-state index >= 15 is 0 Å². The quantitative estimate of drug-likeness (QED) is 0.740. The third-order valence-corrected chi connectivity index (χ3v) is 2.69. The van der Waals surface area contributed by atoms with Gasteiger partial charge < -0.3 is 0 Å². The van der Waals surface area contributed by atoms with Gasteiger partial charge in [-0.2, -0.15) is 11.8 Å². The summed E-state index contributed by atoms with van der Waals surface area (Å²) in [5.41, 5.74) is 0.405. The maximum Gasteiger partial charge on any atom is 0.165 e. The number of thioether (sulfide) groups is 1. The van der Waals surface area contributed by atoms with Crippen LogP contribution in [0.15, 0.2) is 18.2 Å². The Bertz CT molecular complexity index is 341. The molecule has 0 radical (unpaired) electrons. The van der Waals surface area contributed by atoms with E-state index in [1.165, 1.54) is 12.1 Å². The summed E-state index contributed by atoms with van der Waals surface area (Å²) in [6.45, 7) is 0. The number of hydrogen-bond acceptors (Lipinski definition) is 2. The molecule has 0 saturated carbocycles. The van der Waals surface area contributed by atoms with Crippen LogP contribution >= 0.6 is 23.4 Å². The van der Waals surface area contributed by atoms with Crippen LogP contribution in [0.5, 0.6) is 0 Å². The Balaban J connectivity index is 2.80. The highest BCUT2D eigenvalue weighted by Gasteiger charge is 2.10. The van der Waals surface area contributed by atoms with Gasteiger partial charge in [0.15, 0.2) is 5.78 Å². The van der Waals surface area contributed by atoms with E-state index in [9.17, 15) is 9.18 Å². The van der Waals surface area contributed by atoms with Gasteiger partial charge in [0, 0.05) is 17.7 Å². The van der Waals surface area contributed by atoms with Crippen molar-refractivity contribution in [1.29, 1.82) is 0 Å². The fraction of sp³-hybridized carbons (Fsp3) is 0.300. The molecule has 0 unspecified atom stereocenters. The Hall–Kier alpha value is -0.540. The van der Waals surface area contributed by atoms with Gasteiger partial charge in [0.2, 0.25) is 0 Å². The molecule has 0 bridgehead atoms. The second kappa shape index (κ2) is 5.37. The minimum absolute atomic E-state index is 0.0376. The van der Waals surface area contributed by atoms with Gasteiger partial charge in [0.25, 0.3) is 0 Å². The van der Waals surface area contributed by atoms with Crippen molar-refractivity contribution in [2.45, 2.75) is 6.42 Å². The summed E-state index contributed by atoms with van der Waals surface area (Å²) >= 11 is 7.33. The lowest BCUT2D eigenvalue weighted by atomic mass is 10.1. The summed E-state index contributed by atoms with van der Waals surface area (Å²) in [5, 5.41) is 0.191. The molecular weight excluding hydrogens is 223 g/mol. The molecule has 0 amide bonds. The Kier molecular flexibility index (Phi) is 4.42. The predicted octanol–water partition coefficient (Wildman–Crippen LogP) is 3.41. The second-order valence-electron chi connectivity index (χ2n) is 2.79. The van der Waals surface area contributed by atoms with Crippen LogP contribution in [-0.2, 0) is 0 Å². The monoisotopic (exact) mass is 232 g/mol. The Morgan fingerprint density at radius 2 is 2.29 bits per heavy atom. The van der Waals surface area contributed by atoms with Crippen LogP contribution in [0.25, 0.3) is 0 Å². The first-order valence-electron chi connectivity index (χ1n) is 4.12. The summed E-state index contributed by atoms with van der Waals surface area (Å²) in [7, 11) is 0. The van der Waals surface area contributed by atoms with Gasteiger partial charge in [-0.3, -0.25) is 4.79 Å². The standard InChI is InChI=1S/C10H10ClFOS/c1-14-5-4-10(13)8-3-2-7(12)6-9(8)11/h2-3,6H,4-5H2,1H3. The molecule has 0 heterocycles. The molecule has 0 aliphatic carbocycles. The van der Waals surface area contributed by atoms with E-state index in [0.717, 1.165) is 11.8 Å². The van der Waals surface area contributed by atoms with Crippen molar-refractivity contribution in [3.05, 3.63) is 34.6 Å². The minimum atomic E-state index is -0.420. The molecule has 0 aromatic heterocycles. The van der Waals surface area contributed by atoms with E-state index in [1.54, 1.807) is 11.8 Å². The lowest BCUT2D eigenvalue weighted by Crippen LogP contribution is -2.01. The van der Waals surface area contributed by atoms with Crippen molar-refractivity contribution in [2.75, 3.05) is 12.0 Å². The van der Waals surface area contributed by atoms with Gasteiger partial charge in [0.05, 0.1) is 5.02 Å². The highest BCUT2D eigenvalue weighted by atomic mass is 35.5. The van der Waals surface area contributed by atoms with Crippen LogP contribution < -0.4 is 0 Å². The molecule has 1 rings (SSSR count). The molecule has 0 spiro atoms. The Labute approximate surface area is 91.6 Å². The molecule has 0 N–H and O–H groups in total. The highest BCUT2D eigenvalue weighted by molar-refractivity contribution is 7.98. The average Bonchev–Trinajstić information content (AvgIpc) is 2.14. The lowest BCUT2D eigenvalue weighted by molar-refractivity contribution is 0.0989. The van der Waals surface area contributed by atoms with Crippen LogP contribution in [0.1, 0.15) is 16.8 Å². The summed E-state index contributed by atoms with van der Waals surface area (Å²) in [4.78, 5) is 11.5. The molecule has 4 heteroatoms. The Morgan fingerprint density at radius 3 is 2.86 bits per heavy atom. The molecule has 1 aromatic carbocycles. The third kappa shape index (κ3) is 3.00. The Morgan fingerprint density at radius 1 is 1.57 bits per heavy atom. The lowest BCUT2D eigenvalue weighted by Gasteiger charge is -2.02. The normalized spacial score (nSPS) is 10.2. The fourth-order valence-corrected chi connectivity index (χ4v) is 1.71. The zero-order chi connectivity index (χ0) is 10.6. The van der Waals surface area contributed by atoms with E-state index < -0.39 is 5.82 Å². The number of benzene rings is 1. The maximum absolute atomic E-state index is 12.7. The van der Waals surface area contributed by atoms with Crippen LogP contribution in [-0.4, -0.2) is 17.8 Å². The molecular formula is C10H10ClFOS. The van der Waals surface area contributed by atoms with E-state index in [4.69, 9.17) is 11.6 Å². The van der Waals surface area contributed by atoms with Gasteiger partial charge in [-0.05, 0) is 24.5 Å². The zero-order valence-electron chi connectivity index (χ0n) is 7.72. The highest BCUT2D eigenvalue weighted by Crippen LogP contribution is 2.19. The van der Waals surface area contributed by atoms with E-state index in [2.05, 4.69) is 0 Å². The topological polar surface area (TPSA) is 17.1 Å². The molecule has 0 aliphatic rings. The summed E-state index contributed by atoms with van der Waals surface area (Å²) in [6, 6.07) is 3.84. The maximum atomic E-state index is 12.7. The predicted molar refractivity (Wildman–Crippen MR) is 58.7 cm³/mol. The van der Waals surface area contributed by atoms with Gasteiger partial charge in [-0.15, -0.1) is 0 Å². The minimum Gasteiger partial charge on any atom is -0.294 e. The summed E-state index contributed by atoms with van der Waals surface area (Å²) < 4.78 is 12.7. The molecule has 1 nitrogen and oxygen atoms in total. The van der Waals surface area contributed by atoms with Crippen LogP contribution in [0, 0.1) is 5.82 Å². The number of halogens is 2. The average molecular weight is 233 g/mol. The van der Waals surface area contributed by atoms with Crippen molar-refractivity contribution < 1.29 is 9.18 Å². The molecule has 0 aliphatic heterocycles.